The standard InChI is InChI=1S/C18H14BrNOS/c1-20-10-13-9-14(19)3-4-15(13)17(18(20)21)12-2-5-16-11(8-12)6-7-22-16/h2-9,17H,10H2,1H3. The first kappa shape index (κ1) is 14.0. The van der Waals surface area contributed by atoms with Gasteiger partial charge in [0.2, 0.25) is 5.91 Å². The molecule has 0 spiro atoms. The largest absolute Gasteiger partial charge is 0.341 e. The van der Waals surface area contributed by atoms with Crippen LogP contribution in [0.5, 0.6) is 0 Å². The summed E-state index contributed by atoms with van der Waals surface area (Å²) in [5, 5.41) is 3.30. The summed E-state index contributed by atoms with van der Waals surface area (Å²) in [4.78, 5) is 14.6. The van der Waals surface area contributed by atoms with E-state index in [0.29, 0.717) is 6.54 Å². The van der Waals surface area contributed by atoms with Gasteiger partial charge in [-0.25, -0.2) is 0 Å². The summed E-state index contributed by atoms with van der Waals surface area (Å²) in [7, 11) is 1.88. The van der Waals surface area contributed by atoms with Crippen molar-refractivity contribution in [2.24, 2.45) is 0 Å². The molecular weight excluding hydrogens is 358 g/mol. The van der Waals surface area contributed by atoms with Gasteiger partial charge in [-0.05, 0) is 57.8 Å². The molecule has 4 heteroatoms. The topological polar surface area (TPSA) is 20.3 Å². The Morgan fingerprint density at radius 1 is 1.18 bits per heavy atom. The van der Waals surface area contributed by atoms with E-state index in [1.165, 1.54) is 15.6 Å². The van der Waals surface area contributed by atoms with Crippen molar-refractivity contribution in [2.45, 2.75) is 12.5 Å². The van der Waals surface area contributed by atoms with Gasteiger partial charge in [-0.1, -0.05) is 28.1 Å². The van der Waals surface area contributed by atoms with Crippen molar-refractivity contribution >= 4 is 43.3 Å². The van der Waals surface area contributed by atoms with Crippen LogP contribution < -0.4 is 0 Å². The van der Waals surface area contributed by atoms with Crippen LogP contribution in [0.25, 0.3) is 10.1 Å². The number of carbonyl (C=O) groups excluding carboxylic acids is 1. The highest BCUT2D eigenvalue weighted by Gasteiger charge is 2.32. The Balaban J connectivity index is 1.90. The lowest BCUT2D eigenvalue weighted by molar-refractivity contribution is -0.131. The molecule has 22 heavy (non-hydrogen) atoms. The third-order valence-corrected chi connectivity index (χ3v) is 5.65. The van der Waals surface area contributed by atoms with E-state index in [1.807, 2.05) is 18.0 Å². The number of carbonyl (C=O) groups is 1. The molecule has 0 saturated heterocycles. The molecular formula is C18H14BrNOS. The number of hydrogen-bond donors (Lipinski definition) is 0. The summed E-state index contributed by atoms with van der Waals surface area (Å²) < 4.78 is 2.32. The Hall–Kier alpha value is -1.65. The Morgan fingerprint density at radius 2 is 2.05 bits per heavy atom. The second-order valence-corrected chi connectivity index (χ2v) is 7.55. The van der Waals surface area contributed by atoms with Crippen molar-refractivity contribution in [3.05, 3.63) is 69.0 Å². The minimum Gasteiger partial charge on any atom is -0.341 e. The van der Waals surface area contributed by atoms with E-state index >= 15 is 0 Å². The molecule has 0 fully saturated rings. The number of likely N-dealkylation sites (N-methyl/N-ethyl adjacent to an activating group) is 1. The first-order valence-corrected chi connectivity index (χ1v) is 8.81. The Labute approximate surface area is 141 Å². The molecule has 1 amide bonds. The highest BCUT2D eigenvalue weighted by molar-refractivity contribution is 9.10. The van der Waals surface area contributed by atoms with Crippen LogP contribution in [0.3, 0.4) is 0 Å². The summed E-state index contributed by atoms with van der Waals surface area (Å²) >= 11 is 5.26. The summed E-state index contributed by atoms with van der Waals surface area (Å²) in [6.07, 6.45) is 0. The first-order chi connectivity index (χ1) is 10.6. The van der Waals surface area contributed by atoms with Gasteiger partial charge in [0.15, 0.2) is 0 Å². The Kier molecular flexibility index (Phi) is 3.31. The van der Waals surface area contributed by atoms with Crippen molar-refractivity contribution in [1.82, 2.24) is 4.90 Å². The molecule has 110 valence electrons. The van der Waals surface area contributed by atoms with E-state index in [9.17, 15) is 4.79 Å². The monoisotopic (exact) mass is 371 g/mol. The van der Waals surface area contributed by atoms with Crippen LogP contribution >= 0.6 is 27.3 Å². The highest BCUT2D eigenvalue weighted by Crippen LogP contribution is 2.36. The summed E-state index contributed by atoms with van der Waals surface area (Å²) in [5.74, 6) is -0.0319. The van der Waals surface area contributed by atoms with E-state index in [0.717, 1.165) is 15.6 Å². The van der Waals surface area contributed by atoms with Crippen LogP contribution in [-0.2, 0) is 11.3 Å². The van der Waals surface area contributed by atoms with E-state index in [1.54, 1.807) is 11.3 Å². The lowest BCUT2D eigenvalue weighted by Gasteiger charge is -2.32. The smallest absolute Gasteiger partial charge is 0.234 e. The molecule has 1 aromatic heterocycles. The molecule has 0 bridgehead atoms. The second-order valence-electron chi connectivity index (χ2n) is 5.69. The molecule has 2 aromatic carbocycles. The maximum Gasteiger partial charge on any atom is 0.234 e. The maximum atomic E-state index is 12.8. The molecule has 1 aliphatic rings. The zero-order valence-electron chi connectivity index (χ0n) is 12.0. The number of fused-ring (bicyclic) bond motifs is 2. The van der Waals surface area contributed by atoms with Gasteiger partial charge < -0.3 is 4.90 Å². The van der Waals surface area contributed by atoms with Gasteiger partial charge in [-0.15, -0.1) is 11.3 Å². The fraction of sp³-hybridized carbons (Fsp3) is 0.167. The van der Waals surface area contributed by atoms with E-state index in [2.05, 4.69) is 57.7 Å². The van der Waals surface area contributed by atoms with Crippen molar-refractivity contribution in [1.29, 1.82) is 0 Å². The quantitative estimate of drug-likeness (QED) is 0.603. The lowest BCUT2D eigenvalue weighted by Crippen LogP contribution is -2.36. The number of amides is 1. The predicted molar refractivity (Wildman–Crippen MR) is 94.3 cm³/mol. The van der Waals surface area contributed by atoms with Gasteiger partial charge in [-0.3, -0.25) is 4.79 Å². The Morgan fingerprint density at radius 3 is 2.91 bits per heavy atom. The van der Waals surface area contributed by atoms with Gasteiger partial charge in [-0.2, -0.15) is 0 Å². The van der Waals surface area contributed by atoms with Crippen LogP contribution in [0, 0.1) is 0 Å². The predicted octanol–water partition coefficient (Wildman–Crippen LogP) is 4.77. The van der Waals surface area contributed by atoms with Crippen LogP contribution in [0.1, 0.15) is 22.6 Å². The molecule has 0 aliphatic carbocycles. The maximum absolute atomic E-state index is 12.8. The lowest BCUT2D eigenvalue weighted by atomic mass is 9.84. The van der Waals surface area contributed by atoms with E-state index in [-0.39, 0.29) is 11.8 Å². The molecule has 2 heterocycles. The molecule has 3 aromatic rings. The van der Waals surface area contributed by atoms with Gasteiger partial charge >= 0.3 is 0 Å². The van der Waals surface area contributed by atoms with Crippen LogP contribution in [0.4, 0.5) is 0 Å². The number of halogens is 1. The molecule has 2 nitrogen and oxygen atoms in total. The molecule has 1 aliphatic heterocycles. The molecule has 4 rings (SSSR count). The molecule has 1 unspecified atom stereocenters. The van der Waals surface area contributed by atoms with Crippen molar-refractivity contribution in [3.63, 3.8) is 0 Å². The van der Waals surface area contributed by atoms with Crippen LogP contribution in [0.15, 0.2) is 52.3 Å². The van der Waals surface area contributed by atoms with Gasteiger partial charge in [0.1, 0.15) is 0 Å². The third-order valence-electron chi connectivity index (χ3n) is 4.26. The SMILES string of the molecule is CN1Cc2cc(Br)ccc2C(c2ccc3sccc3c2)C1=O. The fourth-order valence-electron chi connectivity index (χ4n) is 3.17. The van der Waals surface area contributed by atoms with Gasteiger partial charge in [0.05, 0.1) is 5.92 Å². The molecule has 0 saturated carbocycles. The summed E-state index contributed by atoms with van der Waals surface area (Å²) in [6, 6.07) is 14.7. The van der Waals surface area contributed by atoms with Crippen molar-refractivity contribution in [3.8, 4) is 0 Å². The van der Waals surface area contributed by atoms with Crippen LogP contribution in [0.2, 0.25) is 0 Å². The fourth-order valence-corrected chi connectivity index (χ4v) is 4.35. The summed E-state index contributed by atoms with van der Waals surface area (Å²) in [6.45, 7) is 0.671. The van der Waals surface area contributed by atoms with Gasteiger partial charge in [0.25, 0.3) is 0 Å². The molecule has 0 N–H and O–H groups in total. The van der Waals surface area contributed by atoms with Crippen molar-refractivity contribution < 1.29 is 4.79 Å². The average molecular weight is 372 g/mol. The Bertz CT molecular complexity index is 886. The zero-order chi connectivity index (χ0) is 15.3. The number of hydrogen-bond acceptors (Lipinski definition) is 2. The van der Waals surface area contributed by atoms with Crippen molar-refractivity contribution in [2.75, 3.05) is 7.05 Å². The van der Waals surface area contributed by atoms with E-state index in [4.69, 9.17) is 0 Å². The highest BCUT2D eigenvalue weighted by atomic mass is 79.9. The second kappa shape index (κ2) is 5.21. The molecule has 0 radical (unpaired) electrons. The third kappa shape index (κ3) is 2.18. The normalized spacial score (nSPS) is 17.8. The summed E-state index contributed by atoms with van der Waals surface area (Å²) in [5.41, 5.74) is 3.42. The zero-order valence-corrected chi connectivity index (χ0v) is 14.4. The van der Waals surface area contributed by atoms with Crippen LogP contribution in [-0.4, -0.2) is 17.9 Å². The molecule has 1 atom stereocenters. The number of thiophene rings is 1. The average Bonchev–Trinajstić information content (AvgIpc) is 2.96. The number of nitrogens with zero attached hydrogens (tertiary/aromatic N) is 1. The van der Waals surface area contributed by atoms with Gasteiger partial charge in [0, 0.05) is 22.8 Å². The minimum absolute atomic E-state index is 0.171. The first-order valence-electron chi connectivity index (χ1n) is 7.14. The number of benzene rings is 2. The number of rotatable bonds is 1. The minimum atomic E-state index is -0.203. The van der Waals surface area contributed by atoms with E-state index < -0.39 is 0 Å².